The Morgan fingerprint density at radius 3 is 2.80 bits per heavy atom. The van der Waals surface area contributed by atoms with E-state index in [9.17, 15) is 19.8 Å². The first kappa shape index (κ1) is 24.2. The number of fused-ring (bicyclic) bond motifs is 1. The van der Waals surface area contributed by atoms with Gasteiger partial charge in [0.05, 0.1) is 20.0 Å². The summed E-state index contributed by atoms with van der Waals surface area (Å²) < 4.78 is 13.3. The van der Waals surface area contributed by atoms with E-state index in [0.717, 1.165) is 0 Å². The van der Waals surface area contributed by atoms with Crippen molar-refractivity contribution in [2.45, 2.75) is 38.0 Å². The van der Waals surface area contributed by atoms with Crippen molar-refractivity contribution in [2.24, 2.45) is 17.3 Å². The lowest BCUT2D eigenvalue weighted by Crippen LogP contribution is -2.42. The van der Waals surface area contributed by atoms with E-state index in [0.29, 0.717) is 17.8 Å². The van der Waals surface area contributed by atoms with Crippen LogP contribution in [0, 0.1) is 0 Å². The van der Waals surface area contributed by atoms with Crippen LogP contribution in [-0.4, -0.2) is 78.1 Å². The molecule has 0 radical (unpaired) electrons. The Balaban J connectivity index is 1.57. The number of methoxy groups -OCH3 is 1. The van der Waals surface area contributed by atoms with Crippen LogP contribution in [0.3, 0.4) is 0 Å². The van der Waals surface area contributed by atoms with Crippen molar-refractivity contribution in [1.29, 1.82) is 0 Å². The van der Waals surface area contributed by atoms with Gasteiger partial charge in [0.2, 0.25) is 0 Å². The van der Waals surface area contributed by atoms with Gasteiger partial charge in [-0.1, -0.05) is 0 Å². The number of hydrogen-bond acceptors (Lipinski definition) is 12. The molecule has 1 fully saturated rings. The first-order valence-electron chi connectivity index (χ1n) is 10.7. The minimum atomic E-state index is -1.46. The second-order valence-corrected chi connectivity index (χ2v) is 7.79. The lowest BCUT2D eigenvalue weighted by atomic mass is 10.1. The maximum atomic E-state index is 12.2. The maximum absolute atomic E-state index is 12.2. The average Bonchev–Trinajstić information content (AvgIpc) is 3.50. The van der Waals surface area contributed by atoms with Crippen LogP contribution < -0.4 is 11.1 Å². The summed E-state index contributed by atoms with van der Waals surface area (Å²) in [5.41, 5.74) is 7.48. The SMILES string of the molecule is CCNC(=O)[C@H]1O[C@@H](n2cnc3c(N)nc(N=NCc4cc(C(=O)OC)n(C)c4)nc32)[C@H](O)[C@@H]1O. The molecule has 186 valence electrons. The standard InChI is InChI=1S/C20H25N9O6/c1-4-22-17(32)14-12(30)13(31)18(35-14)29-8-23-11-15(21)25-20(26-16(11)29)27-24-6-9-5-10(19(33)34-3)28(2)7-9/h5,7-8,12-14,18,30-31H,4,6H2,1-3H3,(H,22,32)(H2,21,25,26)/t12-,13+,14-,18+/m0/s1. The molecule has 0 aromatic carbocycles. The molecule has 3 aromatic rings. The summed E-state index contributed by atoms with van der Waals surface area (Å²) in [6, 6.07) is 1.63. The highest BCUT2D eigenvalue weighted by atomic mass is 16.6. The normalized spacial score (nSPS) is 22.2. The number of rotatable bonds is 7. The van der Waals surface area contributed by atoms with Crippen molar-refractivity contribution in [3.8, 4) is 0 Å². The molecule has 0 spiro atoms. The van der Waals surface area contributed by atoms with E-state index in [4.69, 9.17) is 15.2 Å². The smallest absolute Gasteiger partial charge is 0.354 e. The minimum Gasteiger partial charge on any atom is -0.464 e. The number of aromatic nitrogens is 5. The van der Waals surface area contributed by atoms with Crippen LogP contribution in [0.25, 0.3) is 11.2 Å². The molecule has 4 heterocycles. The number of nitrogens with two attached hydrogens (primary N) is 1. The van der Waals surface area contributed by atoms with Gasteiger partial charge in [0.1, 0.15) is 23.4 Å². The highest BCUT2D eigenvalue weighted by Gasteiger charge is 2.47. The molecule has 0 bridgehead atoms. The molecule has 0 aliphatic carbocycles. The molecule has 35 heavy (non-hydrogen) atoms. The van der Waals surface area contributed by atoms with Crippen LogP contribution in [0.15, 0.2) is 28.8 Å². The Bertz CT molecular complexity index is 1290. The highest BCUT2D eigenvalue weighted by molar-refractivity contribution is 5.88. The number of ether oxygens (including phenoxy) is 2. The van der Waals surface area contributed by atoms with E-state index in [1.54, 1.807) is 30.8 Å². The zero-order valence-corrected chi connectivity index (χ0v) is 19.2. The van der Waals surface area contributed by atoms with Crippen molar-refractivity contribution in [2.75, 3.05) is 19.4 Å². The number of likely N-dealkylation sites (N-methyl/N-ethyl adjacent to an activating group) is 1. The number of carbonyl (C=O) groups excluding carboxylic acids is 2. The molecular weight excluding hydrogens is 462 g/mol. The average molecular weight is 487 g/mol. The fraction of sp³-hybridized carbons (Fsp3) is 0.450. The van der Waals surface area contributed by atoms with Gasteiger partial charge < -0.3 is 35.3 Å². The summed E-state index contributed by atoms with van der Waals surface area (Å²) in [4.78, 5) is 36.4. The van der Waals surface area contributed by atoms with E-state index < -0.39 is 36.4 Å². The van der Waals surface area contributed by atoms with Crippen molar-refractivity contribution >= 4 is 34.8 Å². The van der Waals surface area contributed by atoms with E-state index in [1.165, 1.54) is 18.0 Å². The number of amides is 1. The Morgan fingerprint density at radius 2 is 2.09 bits per heavy atom. The van der Waals surface area contributed by atoms with Gasteiger partial charge in [0.25, 0.3) is 11.9 Å². The van der Waals surface area contributed by atoms with Crippen LogP contribution in [0.4, 0.5) is 11.8 Å². The minimum absolute atomic E-state index is 0.0173. The molecule has 4 atom stereocenters. The van der Waals surface area contributed by atoms with Gasteiger partial charge in [0.15, 0.2) is 23.8 Å². The lowest BCUT2D eigenvalue weighted by Gasteiger charge is -2.16. The molecule has 0 saturated carbocycles. The largest absolute Gasteiger partial charge is 0.464 e. The summed E-state index contributed by atoms with van der Waals surface area (Å²) in [5, 5.41) is 31.4. The number of anilines is 1. The van der Waals surface area contributed by atoms with Crippen LogP contribution >= 0.6 is 0 Å². The van der Waals surface area contributed by atoms with Crippen LogP contribution in [-0.2, 0) is 27.9 Å². The molecule has 1 aliphatic rings. The number of imidazole rings is 1. The second kappa shape index (κ2) is 9.73. The molecule has 15 nitrogen and oxygen atoms in total. The molecule has 15 heteroatoms. The number of aliphatic hydroxyl groups is 2. The zero-order chi connectivity index (χ0) is 25.3. The first-order chi connectivity index (χ1) is 16.7. The summed E-state index contributed by atoms with van der Waals surface area (Å²) in [6.07, 6.45) is -2.27. The van der Waals surface area contributed by atoms with Crippen LogP contribution in [0.5, 0.6) is 0 Å². The number of hydrogen-bond donors (Lipinski definition) is 4. The maximum Gasteiger partial charge on any atom is 0.354 e. The van der Waals surface area contributed by atoms with E-state index in [1.807, 2.05) is 0 Å². The summed E-state index contributed by atoms with van der Waals surface area (Å²) in [5.74, 6) is -1.08. The van der Waals surface area contributed by atoms with Crippen molar-refractivity contribution in [3.63, 3.8) is 0 Å². The Hall–Kier alpha value is -3.95. The molecule has 1 saturated heterocycles. The number of carbonyl (C=O) groups is 2. The zero-order valence-electron chi connectivity index (χ0n) is 19.2. The van der Waals surface area contributed by atoms with Crippen molar-refractivity contribution in [3.05, 3.63) is 29.8 Å². The van der Waals surface area contributed by atoms with Crippen molar-refractivity contribution in [1.82, 2.24) is 29.4 Å². The van der Waals surface area contributed by atoms with Gasteiger partial charge in [-0.3, -0.25) is 9.36 Å². The first-order valence-corrected chi connectivity index (χ1v) is 10.7. The van der Waals surface area contributed by atoms with Gasteiger partial charge in [0, 0.05) is 19.8 Å². The Kier molecular flexibility index (Phi) is 6.72. The number of nitrogens with one attached hydrogen (secondary N) is 1. The lowest BCUT2D eigenvalue weighted by molar-refractivity contribution is -0.137. The van der Waals surface area contributed by atoms with Crippen LogP contribution in [0.1, 0.15) is 29.2 Å². The third-order valence-electron chi connectivity index (χ3n) is 5.43. The molecule has 4 rings (SSSR count). The number of aliphatic hydroxyl groups excluding tert-OH is 2. The highest BCUT2D eigenvalue weighted by Crippen LogP contribution is 2.32. The monoisotopic (exact) mass is 487 g/mol. The Labute approximate surface area is 198 Å². The van der Waals surface area contributed by atoms with Gasteiger partial charge in [-0.2, -0.15) is 15.1 Å². The molecule has 3 aromatic heterocycles. The summed E-state index contributed by atoms with van der Waals surface area (Å²) >= 11 is 0. The topological polar surface area (TPSA) is 204 Å². The molecule has 0 unspecified atom stereocenters. The molecular formula is C20H25N9O6. The number of aryl methyl sites for hydroxylation is 1. The summed E-state index contributed by atoms with van der Waals surface area (Å²) in [6.45, 7) is 2.20. The van der Waals surface area contributed by atoms with Gasteiger partial charge >= 0.3 is 5.97 Å². The quantitative estimate of drug-likeness (QED) is 0.250. The van der Waals surface area contributed by atoms with E-state index in [-0.39, 0.29) is 29.5 Å². The van der Waals surface area contributed by atoms with E-state index in [2.05, 4.69) is 30.5 Å². The number of esters is 1. The fourth-order valence-electron chi connectivity index (χ4n) is 3.75. The number of nitrogens with zero attached hydrogens (tertiary/aromatic N) is 7. The third kappa shape index (κ3) is 4.55. The van der Waals surface area contributed by atoms with Gasteiger partial charge in [-0.25, -0.2) is 9.78 Å². The molecule has 1 amide bonds. The number of nitrogen functional groups attached to an aromatic ring is 1. The van der Waals surface area contributed by atoms with E-state index >= 15 is 0 Å². The molecule has 1 aliphatic heterocycles. The molecule has 5 N–H and O–H groups in total. The summed E-state index contributed by atoms with van der Waals surface area (Å²) in [7, 11) is 3.01. The predicted octanol–water partition coefficient (Wildman–Crippen LogP) is -0.427. The third-order valence-corrected chi connectivity index (χ3v) is 5.43. The van der Waals surface area contributed by atoms with Gasteiger partial charge in [-0.15, -0.1) is 5.11 Å². The van der Waals surface area contributed by atoms with Crippen LogP contribution in [0.2, 0.25) is 0 Å². The Morgan fingerprint density at radius 1 is 1.31 bits per heavy atom. The second-order valence-electron chi connectivity index (χ2n) is 7.79. The predicted molar refractivity (Wildman–Crippen MR) is 119 cm³/mol. The fourth-order valence-corrected chi connectivity index (χ4v) is 3.75. The van der Waals surface area contributed by atoms with Gasteiger partial charge in [-0.05, 0) is 18.6 Å². The number of azo groups is 1. The van der Waals surface area contributed by atoms with Crippen molar-refractivity contribution < 1.29 is 29.3 Å².